The highest BCUT2D eigenvalue weighted by atomic mass is 79.9. The second-order valence-electron chi connectivity index (χ2n) is 3.02. The lowest BCUT2D eigenvalue weighted by atomic mass is 10.2. The summed E-state index contributed by atoms with van der Waals surface area (Å²) in [6.45, 7) is 3.91. The molecule has 0 radical (unpaired) electrons. The molecule has 0 aliphatic rings. The zero-order chi connectivity index (χ0) is 9.42. The van der Waals surface area contributed by atoms with E-state index in [4.69, 9.17) is 0 Å². The van der Waals surface area contributed by atoms with E-state index in [2.05, 4.69) is 25.9 Å². The molecule has 66 valence electrons. The fourth-order valence-electron chi connectivity index (χ4n) is 1.41. The lowest BCUT2D eigenvalue weighted by molar-refractivity contribution is 1.05. The van der Waals surface area contributed by atoms with Crippen molar-refractivity contribution in [2.24, 2.45) is 0 Å². The maximum absolute atomic E-state index is 4.36. The molecular formula is C10H9BrN2. The molecule has 0 unspecified atom stereocenters. The summed E-state index contributed by atoms with van der Waals surface area (Å²) in [5, 5.41) is 1.12. The van der Waals surface area contributed by atoms with Crippen molar-refractivity contribution in [2.45, 2.75) is 13.8 Å². The minimum Gasteiger partial charge on any atom is -0.238 e. The average Bonchev–Trinajstić information content (AvgIpc) is 2.02. The van der Waals surface area contributed by atoms with Crippen molar-refractivity contribution < 1.29 is 0 Å². The van der Waals surface area contributed by atoms with E-state index in [1.165, 1.54) is 0 Å². The first-order valence-corrected chi connectivity index (χ1v) is 4.86. The third kappa shape index (κ3) is 1.56. The SMILES string of the molecule is Cc1nc(C)c2ccc(Br)cc2n1. The molecule has 2 nitrogen and oxygen atoms in total. The van der Waals surface area contributed by atoms with Crippen LogP contribution in [0.1, 0.15) is 11.5 Å². The van der Waals surface area contributed by atoms with Crippen LogP contribution in [0.3, 0.4) is 0 Å². The Bertz CT molecular complexity index is 460. The van der Waals surface area contributed by atoms with Crippen LogP contribution in [0.2, 0.25) is 0 Å². The summed E-state index contributed by atoms with van der Waals surface area (Å²) in [6, 6.07) is 6.05. The molecule has 13 heavy (non-hydrogen) atoms. The molecule has 0 atom stereocenters. The molecule has 1 aromatic heterocycles. The molecule has 1 aromatic carbocycles. The molecule has 2 aromatic rings. The van der Waals surface area contributed by atoms with Gasteiger partial charge in [0.1, 0.15) is 5.82 Å². The maximum atomic E-state index is 4.36. The summed E-state index contributed by atoms with van der Waals surface area (Å²) in [7, 11) is 0. The zero-order valence-electron chi connectivity index (χ0n) is 7.50. The van der Waals surface area contributed by atoms with Crippen LogP contribution in [0.25, 0.3) is 10.9 Å². The number of aromatic nitrogens is 2. The highest BCUT2D eigenvalue weighted by Crippen LogP contribution is 2.19. The van der Waals surface area contributed by atoms with Crippen molar-refractivity contribution in [1.29, 1.82) is 0 Å². The van der Waals surface area contributed by atoms with Crippen LogP contribution in [-0.2, 0) is 0 Å². The van der Waals surface area contributed by atoms with Gasteiger partial charge >= 0.3 is 0 Å². The van der Waals surface area contributed by atoms with E-state index in [1.54, 1.807) is 0 Å². The lowest BCUT2D eigenvalue weighted by Crippen LogP contribution is -1.92. The van der Waals surface area contributed by atoms with Gasteiger partial charge in [0.2, 0.25) is 0 Å². The van der Waals surface area contributed by atoms with Gasteiger partial charge in [0.05, 0.1) is 5.52 Å². The minimum absolute atomic E-state index is 0.822. The van der Waals surface area contributed by atoms with E-state index in [0.717, 1.165) is 26.9 Å². The maximum Gasteiger partial charge on any atom is 0.126 e. The van der Waals surface area contributed by atoms with Crippen molar-refractivity contribution in [2.75, 3.05) is 0 Å². The number of hydrogen-bond acceptors (Lipinski definition) is 2. The first kappa shape index (κ1) is 8.63. The number of rotatable bonds is 0. The van der Waals surface area contributed by atoms with E-state index in [-0.39, 0.29) is 0 Å². The predicted molar refractivity (Wildman–Crippen MR) is 56.7 cm³/mol. The molecule has 0 aliphatic carbocycles. The number of nitrogens with zero attached hydrogens (tertiary/aromatic N) is 2. The van der Waals surface area contributed by atoms with Gasteiger partial charge in [-0.05, 0) is 32.0 Å². The first-order valence-electron chi connectivity index (χ1n) is 4.07. The molecular weight excluding hydrogens is 228 g/mol. The topological polar surface area (TPSA) is 25.8 Å². The van der Waals surface area contributed by atoms with Gasteiger partial charge in [0.15, 0.2) is 0 Å². The van der Waals surface area contributed by atoms with Crippen LogP contribution in [0, 0.1) is 13.8 Å². The molecule has 1 heterocycles. The Labute approximate surface area is 85.1 Å². The molecule has 0 amide bonds. The number of fused-ring (bicyclic) bond motifs is 1. The third-order valence-corrected chi connectivity index (χ3v) is 2.45. The lowest BCUT2D eigenvalue weighted by Gasteiger charge is -2.02. The predicted octanol–water partition coefficient (Wildman–Crippen LogP) is 3.01. The molecule has 0 saturated heterocycles. The molecule has 3 heteroatoms. The fraction of sp³-hybridized carbons (Fsp3) is 0.200. The fourth-order valence-corrected chi connectivity index (χ4v) is 1.75. The molecule has 0 saturated carbocycles. The van der Waals surface area contributed by atoms with Gasteiger partial charge < -0.3 is 0 Å². The van der Waals surface area contributed by atoms with Crippen LogP contribution >= 0.6 is 15.9 Å². The van der Waals surface area contributed by atoms with Gasteiger partial charge in [0.25, 0.3) is 0 Å². The first-order chi connectivity index (χ1) is 6.16. The van der Waals surface area contributed by atoms with Gasteiger partial charge in [-0.1, -0.05) is 15.9 Å². The van der Waals surface area contributed by atoms with Crippen LogP contribution < -0.4 is 0 Å². The minimum atomic E-state index is 0.822. The second kappa shape index (κ2) is 3.07. The average molecular weight is 237 g/mol. The Kier molecular flexibility index (Phi) is 2.04. The Morgan fingerprint density at radius 2 is 1.92 bits per heavy atom. The summed E-state index contributed by atoms with van der Waals surface area (Å²) in [4.78, 5) is 8.66. The molecule has 0 spiro atoms. The van der Waals surface area contributed by atoms with Crippen molar-refractivity contribution in [3.63, 3.8) is 0 Å². The number of hydrogen-bond donors (Lipinski definition) is 0. The quantitative estimate of drug-likeness (QED) is 0.703. The largest absolute Gasteiger partial charge is 0.238 e. The number of halogens is 1. The highest BCUT2D eigenvalue weighted by molar-refractivity contribution is 9.10. The van der Waals surface area contributed by atoms with Crippen molar-refractivity contribution in [3.05, 3.63) is 34.2 Å². The standard InChI is InChI=1S/C10H9BrN2/c1-6-9-4-3-8(11)5-10(9)13-7(2)12-6/h3-5H,1-2H3. The van der Waals surface area contributed by atoms with Gasteiger partial charge in [-0.15, -0.1) is 0 Å². The van der Waals surface area contributed by atoms with Gasteiger partial charge in [-0.2, -0.15) is 0 Å². The summed E-state index contributed by atoms with van der Waals surface area (Å²) in [5.74, 6) is 0.822. The normalized spacial score (nSPS) is 10.7. The number of benzene rings is 1. The van der Waals surface area contributed by atoms with E-state index < -0.39 is 0 Å². The zero-order valence-corrected chi connectivity index (χ0v) is 9.09. The van der Waals surface area contributed by atoms with E-state index in [0.29, 0.717) is 0 Å². The van der Waals surface area contributed by atoms with Gasteiger partial charge in [0, 0.05) is 15.6 Å². The van der Waals surface area contributed by atoms with Crippen molar-refractivity contribution in [1.82, 2.24) is 9.97 Å². The summed E-state index contributed by atoms with van der Waals surface area (Å²) in [5.41, 5.74) is 2.04. The Morgan fingerprint density at radius 3 is 2.69 bits per heavy atom. The van der Waals surface area contributed by atoms with E-state index in [9.17, 15) is 0 Å². The third-order valence-electron chi connectivity index (χ3n) is 1.96. The van der Waals surface area contributed by atoms with E-state index in [1.807, 2.05) is 32.0 Å². The van der Waals surface area contributed by atoms with Crippen LogP contribution in [0.15, 0.2) is 22.7 Å². The molecule has 0 N–H and O–H groups in total. The second-order valence-corrected chi connectivity index (χ2v) is 3.93. The van der Waals surface area contributed by atoms with E-state index >= 15 is 0 Å². The highest BCUT2D eigenvalue weighted by Gasteiger charge is 2.01. The van der Waals surface area contributed by atoms with Crippen molar-refractivity contribution in [3.8, 4) is 0 Å². The molecule has 0 aliphatic heterocycles. The summed E-state index contributed by atoms with van der Waals surface area (Å²) >= 11 is 3.42. The van der Waals surface area contributed by atoms with Crippen LogP contribution in [0.5, 0.6) is 0 Å². The molecule has 0 fully saturated rings. The Hall–Kier alpha value is -0.960. The smallest absolute Gasteiger partial charge is 0.126 e. The Morgan fingerprint density at radius 1 is 1.15 bits per heavy atom. The van der Waals surface area contributed by atoms with Crippen LogP contribution in [0.4, 0.5) is 0 Å². The Balaban J connectivity index is 2.86. The summed E-state index contributed by atoms with van der Waals surface area (Å²) in [6.07, 6.45) is 0. The molecule has 2 rings (SSSR count). The summed E-state index contributed by atoms with van der Waals surface area (Å²) < 4.78 is 1.05. The van der Waals surface area contributed by atoms with Gasteiger partial charge in [-0.3, -0.25) is 0 Å². The van der Waals surface area contributed by atoms with Crippen LogP contribution in [-0.4, -0.2) is 9.97 Å². The number of aryl methyl sites for hydroxylation is 2. The van der Waals surface area contributed by atoms with Gasteiger partial charge in [-0.25, -0.2) is 9.97 Å². The van der Waals surface area contributed by atoms with Crippen molar-refractivity contribution >= 4 is 26.8 Å². The monoisotopic (exact) mass is 236 g/mol. The molecule has 0 bridgehead atoms.